The average Bonchev–Trinajstić information content (AvgIpc) is 1.95. The summed E-state index contributed by atoms with van der Waals surface area (Å²) < 4.78 is 12.5. The Morgan fingerprint density at radius 2 is 2.40 bits per heavy atom. The van der Waals surface area contributed by atoms with Gasteiger partial charge in [0.25, 0.3) is 0 Å². The van der Waals surface area contributed by atoms with Crippen LogP contribution in [-0.2, 0) is 0 Å². The molecular weight excluding hydrogens is 130 g/mol. The molecule has 0 aromatic heterocycles. The van der Waals surface area contributed by atoms with Gasteiger partial charge in [-0.3, -0.25) is 0 Å². The van der Waals surface area contributed by atoms with Crippen LogP contribution in [0.25, 0.3) is 0 Å². The van der Waals surface area contributed by atoms with Gasteiger partial charge in [0, 0.05) is 0 Å². The molecule has 0 aliphatic heterocycles. The summed E-state index contributed by atoms with van der Waals surface area (Å²) >= 11 is 0. The molecule has 0 saturated carbocycles. The molecule has 1 nitrogen and oxygen atoms in total. The zero-order chi connectivity index (χ0) is 7.56. The van der Waals surface area contributed by atoms with Crippen molar-refractivity contribution in [2.45, 2.75) is 6.42 Å². The summed E-state index contributed by atoms with van der Waals surface area (Å²) in [4.78, 5) is 0. The third kappa shape index (κ3) is 1.48. The normalized spacial score (nSPS) is 25.3. The Hall–Kier alpha value is -0.565. The Balaban J connectivity index is 2.68. The van der Waals surface area contributed by atoms with Crippen LogP contribution < -0.4 is 0 Å². The molecule has 0 aromatic carbocycles. The van der Waals surface area contributed by atoms with Crippen LogP contribution in [-0.4, -0.2) is 12.5 Å². The maximum Gasteiger partial charge on any atom is 0.322 e. The van der Waals surface area contributed by atoms with E-state index >= 15 is 0 Å². The van der Waals surface area contributed by atoms with E-state index < -0.39 is 0 Å². The summed E-state index contributed by atoms with van der Waals surface area (Å²) in [5, 5.41) is 8.52. The molecule has 0 amide bonds. The Labute approximate surface area is 60.5 Å². The fraction of sp³-hybridized carbons (Fsp3) is 0.286. The number of hydrogen-bond acceptors (Lipinski definition) is 1. The van der Waals surface area contributed by atoms with E-state index in [-0.39, 0.29) is 11.7 Å². The van der Waals surface area contributed by atoms with Gasteiger partial charge in [-0.25, -0.2) is 4.39 Å². The van der Waals surface area contributed by atoms with Gasteiger partial charge >= 0.3 is 7.48 Å². The molecule has 0 fully saturated rings. The van der Waals surface area contributed by atoms with Gasteiger partial charge in [0.2, 0.25) is 0 Å². The largest absolute Gasteiger partial charge is 0.450 e. The molecular formula is C7H8BFO-. The van der Waals surface area contributed by atoms with Crippen LogP contribution in [0.1, 0.15) is 6.42 Å². The smallest absolute Gasteiger partial charge is 0.322 e. The first-order chi connectivity index (χ1) is 4.74. The van der Waals surface area contributed by atoms with Crippen LogP contribution >= 0.6 is 0 Å². The quantitative estimate of drug-likeness (QED) is 0.426. The first-order valence-corrected chi connectivity index (χ1v) is 3.11. The van der Waals surface area contributed by atoms with E-state index in [1.54, 1.807) is 6.08 Å². The Morgan fingerprint density at radius 1 is 1.70 bits per heavy atom. The van der Waals surface area contributed by atoms with Crippen LogP contribution in [0.3, 0.4) is 0 Å². The van der Waals surface area contributed by atoms with Gasteiger partial charge in [-0.15, -0.1) is 5.92 Å². The molecule has 53 valence electrons. The van der Waals surface area contributed by atoms with E-state index in [0.717, 1.165) is 13.0 Å². The first kappa shape index (κ1) is 7.54. The summed E-state index contributed by atoms with van der Waals surface area (Å²) in [5.41, 5.74) is 0.724. The summed E-state index contributed by atoms with van der Waals surface area (Å²) in [5.74, 6) is -0.547. The highest BCUT2D eigenvalue weighted by Gasteiger charge is 2.09. The summed E-state index contributed by atoms with van der Waals surface area (Å²) in [6.07, 6.45) is 3.37. The highest BCUT2D eigenvalue weighted by molar-refractivity contribution is 6.36. The van der Waals surface area contributed by atoms with Crippen LogP contribution in [0.5, 0.6) is 0 Å². The van der Waals surface area contributed by atoms with E-state index in [1.807, 2.05) is 0 Å². The molecule has 3 heteroatoms. The Morgan fingerprint density at radius 3 is 2.90 bits per heavy atom. The maximum atomic E-state index is 12.5. The molecule has 0 heterocycles. The average molecular weight is 138 g/mol. The van der Waals surface area contributed by atoms with Gasteiger partial charge in [0.15, 0.2) is 0 Å². The first-order valence-electron chi connectivity index (χ1n) is 3.11. The SMILES string of the molecule is [CH2-]C1CC([B]O)=CC=C1F. The summed E-state index contributed by atoms with van der Waals surface area (Å²) in [6.45, 7) is 3.56. The molecule has 0 spiro atoms. The zero-order valence-corrected chi connectivity index (χ0v) is 5.55. The molecule has 1 N–H and O–H groups in total. The van der Waals surface area contributed by atoms with Crippen molar-refractivity contribution >= 4 is 7.48 Å². The highest BCUT2D eigenvalue weighted by atomic mass is 19.1. The van der Waals surface area contributed by atoms with Gasteiger partial charge in [-0.1, -0.05) is 18.0 Å². The molecule has 1 rings (SSSR count). The predicted molar refractivity (Wildman–Crippen MR) is 38.7 cm³/mol. The standard InChI is InChI=1S/C7H8BFO/c1-5-4-6(8-10)2-3-7(5)9/h2-3,5,10H,1,4H2/q-1. The monoisotopic (exact) mass is 138 g/mol. The van der Waals surface area contributed by atoms with Crippen LogP contribution in [0.2, 0.25) is 0 Å². The van der Waals surface area contributed by atoms with Crippen molar-refractivity contribution < 1.29 is 9.41 Å². The van der Waals surface area contributed by atoms with E-state index in [9.17, 15) is 4.39 Å². The van der Waals surface area contributed by atoms with Crippen molar-refractivity contribution in [3.63, 3.8) is 0 Å². The molecule has 1 unspecified atom stereocenters. The van der Waals surface area contributed by atoms with Gasteiger partial charge in [0.1, 0.15) is 0 Å². The molecule has 1 atom stereocenters. The summed E-state index contributed by atoms with van der Waals surface area (Å²) in [7, 11) is 0.987. The minimum absolute atomic E-state index is 0.217. The molecule has 1 aliphatic carbocycles. The second-order valence-corrected chi connectivity index (χ2v) is 2.32. The fourth-order valence-electron chi connectivity index (χ4n) is 0.869. The molecule has 0 saturated heterocycles. The van der Waals surface area contributed by atoms with Crippen molar-refractivity contribution in [1.82, 2.24) is 0 Å². The molecule has 1 aliphatic rings. The van der Waals surface area contributed by atoms with Crippen molar-refractivity contribution in [3.8, 4) is 0 Å². The van der Waals surface area contributed by atoms with Crippen LogP contribution in [0, 0.1) is 12.8 Å². The Kier molecular flexibility index (Phi) is 2.27. The number of halogens is 1. The fourth-order valence-corrected chi connectivity index (χ4v) is 0.869. The lowest BCUT2D eigenvalue weighted by atomic mass is 9.78. The van der Waals surface area contributed by atoms with E-state index in [2.05, 4.69) is 6.92 Å². The number of rotatable bonds is 1. The van der Waals surface area contributed by atoms with Gasteiger partial charge < -0.3 is 11.9 Å². The third-order valence-corrected chi connectivity index (χ3v) is 1.49. The van der Waals surface area contributed by atoms with Crippen molar-refractivity contribution in [1.29, 1.82) is 0 Å². The molecule has 10 heavy (non-hydrogen) atoms. The predicted octanol–water partition coefficient (Wildman–Crippen LogP) is 1.19. The summed E-state index contributed by atoms with van der Waals surface area (Å²) in [6, 6.07) is 0. The zero-order valence-electron chi connectivity index (χ0n) is 5.55. The lowest BCUT2D eigenvalue weighted by Gasteiger charge is -2.19. The van der Waals surface area contributed by atoms with Gasteiger partial charge in [0.05, 0.1) is 5.83 Å². The minimum Gasteiger partial charge on any atom is -0.450 e. The van der Waals surface area contributed by atoms with E-state index in [4.69, 9.17) is 5.02 Å². The van der Waals surface area contributed by atoms with Gasteiger partial charge in [-0.05, 0) is 6.08 Å². The minimum atomic E-state index is -0.330. The van der Waals surface area contributed by atoms with Crippen molar-refractivity contribution in [2.75, 3.05) is 0 Å². The van der Waals surface area contributed by atoms with E-state index in [0.29, 0.717) is 6.42 Å². The second-order valence-electron chi connectivity index (χ2n) is 2.32. The highest BCUT2D eigenvalue weighted by Crippen LogP contribution is 2.23. The van der Waals surface area contributed by atoms with Gasteiger partial charge in [-0.2, -0.15) is 0 Å². The molecule has 0 aromatic rings. The van der Waals surface area contributed by atoms with Crippen LogP contribution in [0.15, 0.2) is 23.5 Å². The molecule has 0 bridgehead atoms. The lowest BCUT2D eigenvalue weighted by Crippen LogP contribution is -2.06. The van der Waals surface area contributed by atoms with Crippen molar-refractivity contribution in [3.05, 3.63) is 30.4 Å². The molecule has 1 radical (unpaired) electrons. The Bertz CT molecular complexity index is 186. The van der Waals surface area contributed by atoms with E-state index in [1.165, 1.54) is 6.08 Å². The topological polar surface area (TPSA) is 20.2 Å². The van der Waals surface area contributed by atoms with Crippen LogP contribution in [0.4, 0.5) is 4.39 Å². The lowest BCUT2D eigenvalue weighted by molar-refractivity contribution is 0.513. The van der Waals surface area contributed by atoms with Crippen molar-refractivity contribution in [2.24, 2.45) is 5.92 Å². The number of allylic oxidation sites excluding steroid dienone is 4. The number of hydrogen-bond donors (Lipinski definition) is 1. The second kappa shape index (κ2) is 3.02. The maximum absolute atomic E-state index is 12.5. The third-order valence-electron chi connectivity index (χ3n) is 1.49.